The zero-order valence-corrected chi connectivity index (χ0v) is 26.4. The summed E-state index contributed by atoms with van der Waals surface area (Å²) in [5, 5.41) is 12.5. The van der Waals surface area contributed by atoms with Gasteiger partial charge in [0.2, 0.25) is 0 Å². The van der Waals surface area contributed by atoms with E-state index >= 15 is 0 Å². The van der Waals surface area contributed by atoms with Crippen molar-refractivity contribution in [1.82, 2.24) is 14.9 Å². The van der Waals surface area contributed by atoms with Crippen molar-refractivity contribution in [2.24, 2.45) is 0 Å². The van der Waals surface area contributed by atoms with Gasteiger partial charge in [0.15, 0.2) is 6.29 Å². The van der Waals surface area contributed by atoms with Crippen LogP contribution < -0.4 is 5.32 Å². The summed E-state index contributed by atoms with van der Waals surface area (Å²) in [5.74, 6) is -0.577. The molecule has 2 N–H and O–H groups in total. The molecule has 0 radical (unpaired) electrons. The number of rotatable bonds is 8. The molecular formula is C36H40N4O6. The van der Waals surface area contributed by atoms with Crippen molar-refractivity contribution in [2.45, 2.75) is 76.8 Å². The van der Waals surface area contributed by atoms with Crippen molar-refractivity contribution >= 4 is 28.6 Å². The number of para-hydroxylation sites is 2. The number of esters is 1. The van der Waals surface area contributed by atoms with E-state index in [0.29, 0.717) is 29.7 Å². The smallest absolute Gasteiger partial charge is 0.323 e. The van der Waals surface area contributed by atoms with Crippen LogP contribution >= 0.6 is 0 Å². The fourth-order valence-corrected chi connectivity index (χ4v) is 6.00. The Labute approximate surface area is 268 Å². The number of aliphatic hydroxyl groups is 1. The molecule has 4 atom stereocenters. The molecule has 10 heteroatoms. The highest BCUT2D eigenvalue weighted by Crippen LogP contribution is 2.39. The summed E-state index contributed by atoms with van der Waals surface area (Å²) in [7, 11) is 0. The van der Waals surface area contributed by atoms with Crippen LogP contribution in [0, 0.1) is 0 Å². The molecule has 240 valence electrons. The number of aliphatic hydroxyl groups excluding tert-OH is 1. The van der Waals surface area contributed by atoms with Crippen molar-refractivity contribution in [3.05, 3.63) is 101 Å². The maximum Gasteiger partial charge on any atom is 0.323 e. The number of carbonyl (C=O) groups excluding carboxylic acids is 2. The first-order valence-corrected chi connectivity index (χ1v) is 15.8. The van der Waals surface area contributed by atoms with Crippen LogP contribution in [-0.4, -0.2) is 62.7 Å². The van der Waals surface area contributed by atoms with E-state index in [1.807, 2.05) is 87.5 Å². The summed E-state index contributed by atoms with van der Waals surface area (Å²) in [6.45, 7) is 6.94. The number of ether oxygens (including phenoxy) is 3. The number of hydrogen-bond acceptors (Lipinski definition) is 9. The summed E-state index contributed by atoms with van der Waals surface area (Å²) < 4.78 is 18.8. The SMILES string of the molecule is CC(C)(C)OC(=O)C1CCCN1CC1CC(c2ccc(CO)cc2)OC(c2cccc(NC(=O)c3cnc4ccccc4n3)c2)O1. The third kappa shape index (κ3) is 7.59. The van der Waals surface area contributed by atoms with Gasteiger partial charge >= 0.3 is 5.97 Å². The Kier molecular flexibility index (Phi) is 9.42. The number of carbonyl (C=O) groups is 2. The second-order valence-corrected chi connectivity index (χ2v) is 12.9. The molecule has 0 saturated carbocycles. The van der Waals surface area contributed by atoms with Gasteiger partial charge in [0.25, 0.3) is 5.91 Å². The van der Waals surface area contributed by atoms with Crippen LogP contribution in [0.2, 0.25) is 0 Å². The lowest BCUT2D eigenvalue weighted by atomic mass is 9.99. The molecule has 0 aliphatic carbocycles. The van der Waals surface area contributed by atoms with Crippen molar-refractivity contribution in [2.75, 3.05) is 18.4 Å². The zero-order chi connectivity index (χ0) is 32.3. The molecule has 4 aromatic rings. The van der Waals surface area contributed by atoms with Crippen molar-refractivity contribution < 1.29 is 28.9 Å². The fourth-order valence-electron chi connectivity index (χ4n) is 6.00. The lowest BCUT2D eigenvalue weighted by Gasteiger charge is -2.38. The number of amides is 1. The van der Waals surface area contributed by atoms with Crippen LogP contribution in [0.3, 0.4) is 0 Å². The molecule has 6 rings (SSSR count). The lowest BCUT2D eigenvalue weighted by Crippen LogP contribution is -2.45. The number of nitrogens with one attached hydrogen (secondary N) is 1. The van der Waals surface area contributed by atoms with Crippen LogP contribution in [0.1, 0.15) is 79.6 Å². The molecule has 2 fully saturated rings. The Morgan fingerprint density at radius 1 is 1.00 bits per heavy atom. The molecule has 3 aromatic carbocycles. The minimum atomic E-state index is -0.721. The Hall–Kier alpha value is -4.22. The number of fused-ring (bicyclic) bond motifs is 1. The van der Waals surface area contributed by atoms with E-state index in [-0.39, 0.29) is 42.4 Å². The third-order valence-electron chi connectivity index (χ3n) is 8.19. The van der Waals surface area contributed by atoms with Crippen molar-refractivity contribution in [3.63, 3.8) is 0 Å². The molecule has 2 saturated heterocycles. The van der Waals surface area contributed by atoms with Gasteiger partial charge in [-0.1, -0.05) is 48.5 Å². The highest BCUT2D eigenvalue weighted by atomic mass is 16.7. The van der Waals surface area contributed by atoms with Gasteiger partial charge in [0, 0.05) is 24.2 Å². The van der Waals surface area contributed by atoms with E-state index in [1.165, 1.54) is 6.20 Å². The van der Waals surface area contributed by atoms with E-state index < -0.39 is 11.9 Å². The number of nitrogens with zero attached hydrogens (tertiary/aromatic N) is 3. The van der Waals surface area contributed by atoms with E-state index in [4.69, 9.17) is 14.2 Å². The largest absolute Gasteiger partial charge is 0.459 e. The maximum absolute atomic E-state index is 13.1. The number of aromatic nitrogens is 2. The molecular weight excluding hydrogens is 584 g/mol. The second-order valence-electron chi connectivity index (χ2n) is 12.9. The first kappa shape index (κ1) is 31.7. The Morgan fingerprint density at radius 2 is 1.78 bits per heavy atom. The summed E-state index contributed by atoms with van der Waals surface area (Å²) in [5.41, 5.74) is 4.12. The molecule has 4 unspecified atom stereocenters. The van der Waals surface area contributed by atoms with Gasteiger partial charge in [0.1, 0.15) is 17.3 Å². The van der Waals surface area contributed by atoms with Crippen molar-refractivity contribution in [3.8, 4) is 0 Å². The number of likely N-dealkylation sites (tertiary alicyclic amines) is 1. The van der Waals surface area contributed by atoms with Crippen LogP contribution in [0.5, 0.6) is 0 Å². The van der Waals surface area contributed by atoms with Gasteiger partial charge < -0.3 is 24.6 Å². The van der Waals surface area contributed by atoms with Gasteiger partial charge in [0.05, 0.1) is 36.0 Å². The van der Waals surface area contributed by atoms with Crippen LogP contribution in [0.15, 0.2) is 79.0 Å². The predicted octanol–water partition coefficient (Wildman–Crippen LogP) is 5.73. The molecule has 2 aliphatic rings. The Bertz CT molecular complexity index is 1690. The quantitative estimate of drug-likeness (QED) is 0.237. The van der Waals surface area contributed by atoms with E-state index in [9.17, 15) is 14.7 Å². The van der Waals surface area contributed by atoms with Gasteiger partial charge in [-0.15, -0.1) is 0 Å². The minimum absolute atomic E-state index is 0.0372. The highest BCUT2D eigenvalue weighted by molar-refractivity contribution is 6.03. The first-order valence-electron chi connectivity index (χ1n) is 15.8. The van der Waals surface area contributed by atoms with Gasteiger partial charge in [-0.05, 0) is 75.5 Å². The molecule has 46 heavy (non-hydrogen) atoms. The molecule has 2 aliphatic heterocycles. The van der Waals surface area contributed by atoms with E-state index in [2.05, 4.69) is 20.2 Å². The summed E-state index contributed by atoms with van der Waals surface area (Å²) in [4.78, 5) is 37.1. The monoisotopic (exact) mass is 624 g/mol. The first-order chi connectivity index (χ1) is 22.1. The van der Waals surface area contributed by atoms with E-state index in [1.54, 1.807) is 6.07 Å². The molecule has 1 amide bonds. The standard InChI is InChI=1S/C36H40N4O6/c1-36(2,3)46-34(43)31-12-7-17-40(31)21-27-19-32(24-15-13-23(22-41)14-16-24)45-35(44-27)25-8-6-9-26(18-25)38-33(42)30-20-37-28-10-4-5-11-29(28)39-30/h4-6,8-11,13-16,18,20,27,31-32,35,41H,7,12,17,19,21-22H2,1-3H3,(H,38,42). The lowest BCUT2D eigenvalue weighted by molar-refractivity contribution is -0.253. The van der Waals surface area contributed by atoms with Gasteiger partial charge in [-0.3, -0.25) is 19.5 Å². The number of benzene rings is 3. The molecule has 3 heterocycles. The van der Waals surface area contributed by atoms with Crippen molar-refractivity contribution in [1.29, 1.82) is 0 Å². The molecule has 10 nitrogen and oxygen atoms in total. The molecule has 1 aromatic heterocycles. The Balaban J connectivity index is 1.21. The zero-order valence-electron chi connectivity index (χ0n) is 26.4. The number of hydrogen-bond donors (Lipinski definition) is 2. The molecule has 0 bridgehead atoms. The van der Waals surface area contributed by atoms with Crippen LogP contribution in [-0.2, 0) is 25.6 Å². The number of anilines is 1. The van der Waals surface area contributed by atoms with Crippen LogP contribution in [0.25, 0.3) is 11.0 Å². The predicted molar refractivity (Wildman–Crippen MR) is 173 cm³/mol. The average molecular weight is 625 g/mol. The van der Waals surface area contributed by atoms with Crippen LogP contribution in [0.4, 0.5) is 5.69 Å². The van der Waals surface area contributed by atoms with Gasteiger partial charge in [-0.25, -0.2) is 4.98 Å². The average Bonchev–Trinajstić information content (AvgIpc) is 3.52. The summed E-state index contributed by atoms with van der Waals surface area (Å²) >= 11 is 0. The maximum atomic E-state index is 13.1. The molecule has 0 spiro atoms. The Morgan fingerprint density at radius 3 is 2.54 bits per heavy atom. The second kappa shape index (κ2) is 13.6. The van der Waals surface area contributed by atoms with Gasteiger partial charge in [-0.2, -0.15) is 0 Å². The van der Waals surface area contributed by atoms with E-state index in [0.717, 1.165) is 36.1 Å². The highest BCUT2D eigenvalue weighted by Gasteiger charge is 2.39. The summed E-state index contributed by atoms with van der Waals surface area (Å²) in [6.07, 6.45) is 2.46. The fraction of sp³-hybridized carbons (Fsp3) is 0.389. The summed E-state index contributed by atoms with van der Waals surface area (Å²) in [6, 6.07) is 22.2. The minimum Gasteiger partial charge on any atom is -0.459 e. The topological polar surface area (TPSA) is 123 Å². The third-order valence-corrected chi connectivity index (χ3v) is 8.19. The normalized spacial score (nSPS) is 22.1.